The Balaban J connectivity index is 2.41. The van der Waals surface area contributed by atoms with Gasteiger partial charge in [-0.25, -0.2) is 0 Å². The van der Waals surface area contributed by atoms with Crippen LogP contribution in [0.2, 0.25) is 0 Å². The van der Waals surface area contributed by atoms with Gasteiger partial charge in [0.1, 0.15) is 0 Å². The van der Waals surface area contributed by atoms with Crippen molar-refractivity contribution in [2.75, 3.05) is 0 Å². The lowest BCUT2D eigenvalue weighted by Gasteiger charge is -1.99. The van der Waals surface area contributed by atoms with Crippen molar-refractivity contribution in [1.29, 1.82) is 0 Å². The molecule has 2 heteroatoms. The van der Waals surface area contributed by atoms with Crippen molar-refractivity contribution in [2.24, 2.45) is 0 Å². The Hall–Kier alpha value is -1.41. The van der Waals surface area contributed by atoms with Crippen LogP contribution in [0.5, 0.6) is 0 Å². The first-order valence-corrected chi connectivity index (χ1v) is 6.68. The van der Waals surface area contributed by atoms with E-state index in [0.717, 1.165) is 18.4 Å². The monoisotopic (exact) mass is 246 g/mol. The number of ketones is 1. The van der Waals surface area contributed by atoms with E-state index in [9.17, 15) is 4.79 Å². The minimum atomic E-state index is -0.0259. The molecule has 0 saturated heterocycles. The SMILES string of the molecule is CCCCCC/C=C/C(=O)c1cccc(CO)c1. The Morgan fingerprint density at radius 3 is 2.83 bits per heavy atom. The topological polar surface area (TPSA) is 37.3 Å². The first-order chi connectivity index (χ1) is 8.77. The van der Waals surface area contributed by atoms with Crippen LogP contribution >= 0.6 is 0 Å². The lowest BCUT2D eigenvalue weighted by Crippen LogP contribution is -1.95. The zero-order chi connectivity index (χ0) is 13.2. The van der Waals surface area contributed by atoms with E-state index in [0.29, 0.717) is 5.56 Å². The van der Waals surface area contributed by atoms with Crippen molar-refractivity contribution in [1.82, 2.24) is 0 Å². The highest BCUT2D eigenvalue weighted by atomic mass is 16.3. The second-order valence-corrected chi connectivity index (χ2v) is 4.47. The predicted octanol–water partition coefficient (Wildman–Crippen LogP) is 3.89. The smallest absolute Gasteiger partial charge is 0.185 e. The third-order valence-electron chi connectivity index (χ3n) is 2.89. The van der Waals surface area contributed by atoms with Crippen LogP contribution in [0.4, 0.5) is 0 Å². The average molecular weight is 246 g/mol. The predicted molar refractivity (Wildman–Crippen MR) is 74.6 cm³/mol. The number of allylic oxidation sites excluding steroid dienone is 2. The molecular formula is C16H22O2. The molecule has 98 valence electrons. The van der Waals surface area contributed by atoms with Crippen LogP contribution in [0.15, 0.2) is 36.4 Å². The number of aliphatic hydroxyl groups is 1. The molecule has 0 aliphatic rings. The Morgan fingerprint density at radius 1 is 1.28 bits per heavy atom. The van der Waals surface area contributed by atoms with Crippen LogP contribution in [0, 0.1) is 0 Å². The van der Waals surface area contributed by atoms with Gasteiger partial charge in [-0.1, -0.05) is 50.5 Å². The number of carbonyl (C=O) groups excluding carboxylic acids is 1. The van der Waals surface area contributed by atoms with Crippen LogP contribution in [0.3, 0.4) is 0 Å². The number of hydrogen-bond donors (Lipinski definition) is 1. The Kier molecular flexibility index (Phi) is 7.04. The number of carbonyl (C=O) groups is 1. The van der Waals surface area contributed by atoms with E-state index in [4.69, 9.17) is 5.11 Å². The minimum absolute atomic E-state index is 0.0146. The van der Waals surface area contributed by atoms with Gasteiger partial charge in [-0.15, -0.1) is 0 Å². The summed E-state index contributed by atoms with van der Waals surface area (Å²) < 4.78 is 0. The van der Waals surface area contributed by atoms with E-state index in [2.05, 4.69) is 6.92 Å². The summed E-state index contributed by atoms with van der Waals surface area (Å²) in [4.78, 5) is 11.8. The van der Waals surface area contributed by atoms with Gasteiger partial charge in [0.25, 0.3) is 0 Å². The number of benzene rings is 1. The lowest BCUT2D eigenvalue weighted by atomic mass is 10.1. The van der Waals surface area contributed by atoms with Gasteiger partial charge in [0.15, 0.2) is 5.78 Å². The van der Waals surface area contributed by atoms with E-state index in [1.165, 1.54) is 19.3 Å². The van der Waals surface area contributed by atoms with E-state index in [1.54, 1.807) is 24.3 Å². The summed E-state index contributed by atoms with van der Waals surface area (Å²) in [5, 5.41) is 9.01. The maximum atomic E-state index is 11.8. The molecule has 0 unspecified atom stereocenters. The first kappa shape index (κ1) is 14.7. The maximum absolute atomic E-state index is 11.8. The number of unbranched alkanes of at least 4 members (excludes halogenated alkanes) is 4. The molecule has 0 aliphatic carbocycles. The van der Waals surface area contributed by atoms with E-state index in [1.807, 2.05) is 12.1 Å². The molecule has 0 aliphatic heterocycles. The normalized spacial score (nSPS) is 11.0. The molecule has 1 rings (SSSR count). The van der Waals surface area contributed by atoms with Crippen LogP contribution in [-0.2, 0) is 6.61 Å². The lowest BCUT2D eigenvalue weighted by molar-refractivity contribution is 0.104. The number of rotatable bonds is 8. The Bertz CT molecular complexity index is 394. The molecule has 0 heterocycles. The summed E-state index contributed by atoms with van der Waals surface area (Å²) in [5.74, 6) is 0.0146. The summed E-state index contributed by atoms with van der Waals surface area (Å²) >= 11 is 0. The molecule has 0 radical (unpaired) electrons. The van der Waals surface area contributed by atoms with E-state index in [-0.39, 0.29) is 12.4 Å². The molecule has 0 saturated carbocycles. The fraction of sp³-hybridized carbons (Fsp3) is 0.438. The first-order valence-electron chi connectivity index (χ1n) is 6.68. The van der Waals surface area contributed by atoms with E-state index < -0.39 is 0 Å². The maximum Gasteiger partial charge on any atom is 0.185 e. The highest BCUT2D eigenvalue weighted by Crippen LogP contribution is 2.08. The van der Waals surface area contributed by atoms with Gasteiger partial charge in [-0.3, -0.25) is 4.79 Å². The molecule has 1 aromatic rings. The van der Waals surface area contributed by atoms with Gasteiger partial charge < -0.3 is 5.11 Å². The molecular weight excluding hydrogens is 224 g/mol. The minimum Gasteiger partial charge on any atom is -0.392 e. The third-order valence-corrected chi connectivity index (χ3v) is 2.89. The standard InChI is InChI=1S/C16H22O2/c1-2-3-4-5-6-7-11-16(18)15-10-8-9-14(12-15)13-17/h7-12,17H,2-6,13H2,1H3/b11-7+. The van der Waals surface area contributed by atoms with Crippen molar-refractivity contribution in [3.63, 3.8) is 0 Å². The molecule has 0 amide bonds. The molecule has 0 spiro atoms. The van der Waals surface area contributed by atoms with Crippen molar-refractivity contribution >= 4 is 5.78 Å². The zero-order valence-corrected chi connectivity index (χ0v) is 11.1. The highest BCUT2D eigenvalue weighted by molar-refractivity contribution is 6.04. The van der Waals surface area contributed by atoms with Crippen LogP contribution < -0.4 is 0 Å². The molecule has 0 atom stereocenters. The van der Waals surface area contributed by atoms with Gasteiger partial charge in [-0.2, -0.15) is 0 Å². The van der Waals surface area contributed by atoms with Crippen LogP contribution in [0.25, 0.3) is 0 Å². The summed E-state index contributed by atoms with van der Waals surface area (Å²) in [7, 11) is 0. The summed E-state index contributed by atoms with van der Waals surface area (Å²) in [6.07, 6.45) is 9.43. The Labute approximate surface area is 109 Å². The highest BCUT2D eigenvalue weighted by Gasteiger charge is 2.01. The molecule has 0 bridgehead atoms. The third kappa shape index (κ3) is 5.28. The quantitative estimate of drug-likeness (QED) is 0.429. The van der Waals surface area contributed by atoms with Gasteiger partial charge in [0.05, 0.1) is 6.61 Å². The molecule has 2 nitrogen and oxygen atoms in total. The summed E-state index contributed by atoms with van der Waals surface area (Å²) in [6, 6.07) is 7.13. The van der Waals surface area contributed by atoms with Crippen LogP contribution in [0.1, 0.15) is 54.9 Å². The van der Waals surface area contributed by atoms with Crippen LogP contribution in [-0.4, -0.2) is 10.9 Å². The fourth-order valence-electron chi connectivity index (χ4n) is 1.80. The Morgan fingerprint density at radius 2 is 2.11 bits per heavy atom. The molecule has 0 aromatic heterocycles. The molecule has 0 fully saturated rings. The van der Waals surface area contributed by atoms with Crippen molar-refractivity contribution in [2.45, 2.75) is 45.6 Å². The van der Waals surface area contributed by atoms with Gasteiger partial charge in [0.2, 0.25) is 0 Å². The second kappa shape index (κ2) is 8.65. The number of hydrogen-bond acceptors (Lipinski definition) is 2. The van der Waals surface area contributed by atoms with Gasteiger partial charge in [0, 0.05) is 5.56 Å². The largest absolute Gasteiger partial charge is 0.392 e. The summed E-state index contributed by atoms with van der Waals surface area (Å²) in [5.41, 5.74) is 1.42. The second-order valence-electron chi connectivity index (χ2n) is 4.47. The molecule has 1 aromatic carbocycles. The molecule has 18 heavy (non-hydrogen) atoms. The summed E-state index contributed by atoms with van der Waals surface area (Å²) in [6.45, 7) is 2.16. The van der Waals surface area contributed by atoms with Crippen molar-refractivity contribution in [3.05, 3.63) is 47.5 Å². The van der Waals surface area contributed by atoms with Gasteiger partial charge >= 0.3 is 0 Å². The van der Waals surface area contributed by atoms with E-state index >= 15 is 0 Å². The average Bonchev–Trinajstić information content (AvgIpc) is 2.42. The zero-order valence-electron chi connectivity index (χ0n) is 11.1. The fourth-order valence-corrected chi connectivity index (χ4v) is 1.80. The molecule has 1 N–H and O–H groups in total. The number of aliphatic hydroxyl groups excluding tert-OH is 1. The van der Waals surface area contributed by atoms with Crippen molar-refractivity contribution in [3.8, 4) is 0 Å². The van der Waals surface area contributed by atoms with Gasteiger partial charge in [-0.05, 0) is 30.5 Å². The van der Waals surface area contributed by atoms with Crippen molar-refractivity contribution < 1.29 is 9.90 Å².